The molecule has 7 heteroatoms. The van der Waals surface area contributed by atoms with Gasteiger partial charge in [-0.15, -0.1) is 0 Å². The number of rotatable bonds is 9. The molecule has 0 amide bonds. The van der Waals surface area contributed by atoms with Gasteiger partial charge in [-0.2, -0.15) is 0 Å². The maximum absolute atomic E-state index is 12.6. The molecule has 0 aliphatic heterocycles. The highest BCUT2D eigenvalue weighted by Gasteiger charge is 2.17. The first kappa shape index (κ1) is 22.0. The van der Waals surface area contributed by atoms with Gasteiger partial charge in [-0.3, -0.25) is 4.79 Å². The van der Waals surface area contributed by atoms with Crippen LogP contribution in [0.4, 0.5) is 0 Å². The van der Waals surface area contributed by atoms with Gasteiger partial charge in [0, 0.05) is 23.0 Å². The van der Waals surface area contributed by atoms with Crippen LogP contribution in [-0.2, 0) is 16.1 Å². The Morgan fingerprint density at radius 2 is 1.84 bits per heavy atom. The van der Waals surface area contributed by atoms with E-state index in [-0.39, 0.29) is 12.4 Å². The third kappa shape index (κ3) is 5.25. The first-order chi connectivity index (χ1) is 14.9. The molecule has 2 aromatic heterocycles. The van der Waals surface area contributed by atoms with E-state index in [0.717, 1.165) is 22.7 Å². The van der Waals surface area contributed by atoms with Gasteiger partial charge in [-0.05, 0) is 55.8 Å². The van der Waals surface area contributed by atoms with Crippen molar-refractivity contribution in [2.45, 2.75) is 20.4 Å². The lowest BCUT2D eigenvalue weighted by Gasteiger charge is -2.08. The number of ether oxygens (including phenoxy) is 3. The summed E-state index contributed by atoms with van der Waals surface area (Å²) in [4.78, 5) is 24.7. The summed E-state index contributed by atoms with van der Waals surface area (Å²) in [6.45, 7) is 3.98. The largest absolute Gasteiger partial charge is 0.493 e. The first-order valence-electron chi connectivity index (χ1n) is 9.72. The van der Waals surface area contributed by atoms with Gasteiger partial charge in [0.05, 0.1) is 27.0 Å². The minimum absolute atomic E-state index is 0.258. The summed E-state index contributed by atoms with van der Waals surface area (Å²) in [6, 6.07) is 10.8. The fourth-order valence-electron chi connectivity index (χ4n) is 3.27. The Labute approximate surface area is 180 Å². The lowest BCUT2D eigenvalue weighted by molar-refractivity contribution is -0.136. The Bertz CT molecular complexity index is 1090. The van der Waals surface area contributed by atoms with Crippen LogP contribution in [-0.4, -0.2) is 37.1 Å². The van der Waals surface area contributed by atoms with Gasteiger partial charge in [0.25, 0.3) is 0 Å². The van der Waals surface area contributed by atoms with Crippen LogP contribution in [0.1, 0.15) is 33.1 Å². The average Bonchev–Trinajstić information content (AvgIpc) is 3.39. The molecule has 0 aliphatic rings. The smallest absolute Gasteiger partial charge is 0.331 e. The zero-order valence-corrected chi connectivity index (χ0v) is 18.0. The van der Waals surface area contributed by atoms with Crippen LogP contribution in [0.3, 0.4) is 0 Å². The molecule has 162 valence electrons. The van der Waals surface area contributed by atoms with E-state index in [9.17, 15) is 9.59 Å². The number of benzene rings is 1. The van der Waals surface area contributed by atoms with E-state index < -0.39 is 5.97 Å². The van der Waals surface area contributed by atoms with Crippen LogP contribution < -0.4 is 9.47 Å². The van der Waals surface area contributed by atoms with Crippen molar-refractivity contribution in [3.8, 4) is 11.5 Å². The number of ketones is 1. The molecule has 0 saturated heterocycles. The summed E-state index contributed by atoms with van der Waals surface area (Å²) in [5.41, 5.74) is 3.00. The Hall–Kier alpha value is -3.74. The quantitative estimate of drug-likeness (QED) is 0.292. The van der Waals surface area contributed by atoms with Gasteiger partial charge in [0.2, 0.25) is 5.78 Å². The van der Waals surface area contributed by atoms with Crippen molar-refractivity contribution in [1.29, 1.82) is 0 Å². The summed E-state index contributed by atoms with van der Waals surface area (Å²) in [5.74, 6) is 1.09. The molecular formula is C24H25NO6. The Morgan fingerprint density at radius 3 is 2.52 bits per heavy atom. The van der Waals surface area contributed by atoms with Gasteiger partial charge in [0.15, 0.2) is 18.1 Å². The van der Waals surface area contributed by atoms with Crippen molar-refractivity contribution >= 4 is 17.8 Å². The molecular weight excluding hydrogens is 398 g/mol. The number of Topliss-reactive ketones (excluding diaryl/α,β-unsaturated/α-hetero) is 1. The molecule has 7 nitrogen and oxygen atoms in total. The summed E-state index contributed by atoms with van der Waals surface area (Å²) in [7, 11) is 3.09. The Balaban J connectivity index is 1.60. The van der Waals surface area contributed by atoms with E-state index >= 15 is 0 Å². The molecule has 2 heterocycles. The average molecular weight is 423 g/mol. The van der Waals surface area contributed by atoms with Gasteiger partial charge >= 0.3 is 5.97 Å². The summed E-state index contributed by atoms with van der Waals surface area (Å²) >= 11 is 0. The van der Waals surface area contributed by atoms with Gasteiger partial charge in [-0.1, -0.05) is 6.07 Å². The molecule has 0 saturated carbocycles. The SMILES string of the molecule is COc1ccc(C=CC(=O)OCC(=O)c2cc(C)n(Cc3ccco3)c2C)cc1OC. The van der Waals surface area contributed by atoms with E-state index in [2.05, 4.69) is 0 Å². The maximum atomic E-state index is 12.6. The number of carbonyl (C=O) groups excluding carboxylic acids is 2. The van der Waals surface area contributed by atoms with E-state index in [4.69, 9.17) is 18.6 Å². The second-order valence-corrected chi connectivity index (χ2v) is 6.93. The molecule has 31 heavy (non-hydrogen) atoms. The zero-order chi connectivity index (χ0) is 22.4. The van der Waals surface area contributed by atoms with Crippen LogP contribution in [0.5, 0.6) is 11.5 Å². The number of aryl methyl sites for hydroxylation is 1. The molecule has 1 aromatic carbocycles. The standard InChI is InChI=1S/C24H25NO6/c1-16-12-20(17(2)25(16)14-19-6-5-11-30-19)21(26)15-31-24(27)10-8-18-7-9-22(28-3)23(13-18)29-4/h5-13H,14-15H2,1-4H3. The van der Waals surface area contributed by atoms with Crippen molar-refractivity contribution in [3.05, 3.63) is 77.0 Å². The number of hydrogen-bond donors (Lipinski definition) is 0. The van der Waals surface area contributed by atoms with Crippen LogP contribution in [0.2, 0.25) is 0 Å². The minimum Gasteiger partial charge on any atom is -0.493 e. The molecule has 0 aliphatic carbocycles. The Kier molecular flexibility index (Phi) is 6.97. The highest BCUT2D eigenvalue weighted by molar-refractivity contribution is 6.00. The molecule has 3 rings (SSSR count). The molecule has 0 bridgehead atoms. The van der Waals surface area contributed by atoms with Crippen LogP contribution in [0.15, 0.2) is 53.2 Å². The second kappa shape index (κ2) is 9.84. The van der Waals surface area contributed by atoms with Crippen molar-refractivity contribution in [2.75, 3.05) is 20.8 Å². The van der Waals surface area contributed by atoms with Crippen LogP contribution >= 0.6 is 0 Å². The number of aromatic nitrogens is 1. The molecule has 0 radical (unpaired) electrons. The highest BCUT2D eigenvalue weighted by atomic mass is 16.5. The number of furan rings is 1. The molecule has 0 atom stereocenters. The zero-order valence-electron chi connectivity index (χ0n) is 18.0. The molecule has 3 aromatic rings. The predicted octanol–water partition coefficient (Wildman–Crippen LogP) is 4.20. The number of hydrogen-bond acceptors (Lipinski definition) is 6. The first-order valence-corrected chi connectivity index (χ1v) is 9.72. The number of esters is 1. The molecule has 0 unspecified atom stereocenters. The fourth-order valence-corrected chi connectivity index (χ4v) is 3.27. The van der Waals surface area contributed by atoms with Crippen molar-refractivity contribution in [1.82, 2.24) is 4.57 Å². The lowest BCUT2D eigenvalue weighted by Crippen LogP contribution is -2.13. The van der Waals surface area contributed by atoms with E-state index in [1.807, 2.05) is 30.5 Å². The van der Waals surface area contributed by atoms with Crippen molar-refractivity contribution in [3.63, 3.8) is 0 Å². The third-order valence-electron chi connectivity index (χ3n) is 4.93. The highest BCUT2D eigenvalue weighted by Crippen LogP contribution is 2.28. The molecule has 0 spiro atoms. The predicted molar refractivity (Wildman–Crippen MR) is 116 cm³/mol. The third-order valence-corrected chi connectivity index (χ3v) is 4.93. The van der Waals surface area contributed by atoms with Gasteiger partial charge < -0.3 is 23.2 Å². The second-order valence-electron chi connectivity index (χ2n) is 6.93. The fraction of sp³-hybridized carbons (Fsp3) is 0.250. The number of methoxy groups -OCH3 is 2. The normalized spacial score (nSPS) is 11.0. The van der Waals surface area contributed by atoms with E-state index in [1.54, 1.807) is 43.7 Å². The lowest BCUT2D eigenvalue weighted by atomic mass is 10.1. The van der Waals surface area contributed by atoms with Crippen LogP contribution in [0.25, 0.3) is 6.08 Å². The monoisotopic (exact) mass is 423 g/mol. The van der Waals surface area contributed by atoms with Crippen LogP contribution in [0, 0.1) is 13.8 Å². The van der Waals surface area contributed by atoms with Gasteiger partial charge in [-0.25, -0.2) is 4.79 Å². The molecule has 0 fully saturated rings. The summed E-state index contributed by atoms with van der Waals surface area (Å²) in [5, 5.41) is 0. The van der Waals surface area contributed by atoms with Gasteiger partial charge in [0.1, 0.15) is 5.76 Å². The summed E-state index contributed by atoms with van der Waals surface area (Å²) < 4.78 is 22.9. The number of nitrogens with zero attached hydrogens (tertiary/aromatic N) is 1. The van der Waals surface area contributed by atoms with E-state index in [0.29, 0.717) is 23.6 Å². The van der Waals surface area contributed by atoms with Crippen molar-refractivity contribution < 1.29 is 28.2 Å². The Morgan fingerprint density at radius 1 is 1.06 bits per heavy atom. The number of carbonyl (C=O) groups is 2. The molecule has 0 N–H and O–H groups in total. The minimum atomic E-state index is -0.604. The maximum Gasteiger partial charge on any atom is 0.331 e. The van der Waals surface area contributed by atoms with E-state index in [1.165, 1.54) is 13.2 Å². The summed E-state index contributed by atoms with van der Waals surface area (Å²) in [6.07, 6.45) is 4.48. The topological polar surface area (TPSA) is 79.9 Å². The van der Waals surface area contributed by atoms with Crippen molar-refractivity contribution in [2.24, 2.45) is 0 Å².